The Morgan fingerprint density at radius 2 is 1.80 bits per heavy atom. The first kappa shape index (κ1) is 21.3. The predicted molar refractivity (Wildman–Crippen MR) is 107 cm³/mol. The monoisotopic (exact) mass is 369 g/mol. The fourth-order valence-electron chi connectivity index (χ4n) is 2.37. The van der Waals surface area contributed by atoms with E-state index in [1.54, 1.807) is 21.3 Å². The first-order chi connectivity index (χ1) is 12.2. The van der Waals surface area contributed by atoms with Gasteiger partial charge in [0, 0.05) is 18.7 Å². The van der Waals surface area contributed by atoms with E-state index in [-0.39, 0.29) is 0 Å². The Balaban J connectivity index is 2.80. The van der Waals surface area contributed by atoms with Crippen LogP contribution in [0.5, 0.6) is 17.2 Å². The molecule has 0 aliphatic heterocycles. The van der Waals surface area contributed by atoms with Crippen LogP contribution in [0.3, 0.4) is 0 Å². The first-order valence-corrected chi connectivity index (χ1v) is 9.90. The van der Waals surface area contributed by atoms with Gasteiger partial charge in [-0.2, -0.15) is 11.8 Å². The van der Waals surface area contributed by atoms with Crippen LogP contribution >= 0.6 is 11.8 Å². The minimum absolute atomic E-state index is 0.490. The molecule has 6 nitrogen and oxygen atoms in total. The summed E-state index contributed by atoms with van der Waals surface area (Å²) < 4.78 is 16.3. The minimum atomic E-state index is 0.490. The van der Waals surface area contributed by atoms with Crippen LogP contribution < -0.4 is 24.8 Å². The van der Waals surface area contributed by atoms with E-state index >= 15 is 0 Å². The maximum absolute atomic E-state index is 5.51. The molecule has 25 heavy (non-hydrogen) atoms. The lowest BCUT2D eigenvalue weighted by Crippen LogP contribution is -2.37. The summed E-state index contributed by atoms with van der Waals surface area (Å²) in [5.41, 5.74) is 0.944. The van der Waals surface area contributed by atoms with E-state index in [0.717, 1.165) is 31.0 Å². The van der Waals surface area contributed by atoms with Crippen LogP contribution in [0.25, 0.3) is 0 Å². The number of guanidine groups is 1. The Hall–Kier alpha value is -1.76. The summed E-state index contributed by atoms with van der Waals surface area (Å²) in [7, 11) is 4.84. The van der Waals surface area contributed by atoms with E-state index in [9.17, 15) is 0 Å². The fourth-order valence-corrected chi connectivity index (χ4v) is 2.86. The van der Waals surface area contributed by atoms with Crippen molar-refractivity contribution in [1.82, 2.24) is 10.6 Å². The predicted octanol–water partition coefficient (Wildman–Crippen LogP) is 2.91. The molecule has 2 N–H and O–H groups in total. The van der Waals surface area contributed by atoms with Gasteiger partial charge < -0.3 is 24.8 Å². The Morgan fingerprint density at radius 1 is 1.04 bits per heavy atom. The number of unbranched alkanes of at least 4 members (excludes halogenated alkanes) is 1. The molecule has 0 fully saturated rings. The summed E-state index contributed by atoms with van der Waals surface area (Å²) in [5, 5.41) is 6.64. The third-order valence-electron chi connectivity index (χ3n) is 3.61. The van der Waals surface area contributed by atoms with Gasteiger partial charge in [-0.05, 0) is 43.9 Å². The van der Waals surface area contributed by atoms with Gasteiger partial charge in [0.1, 0.15) is 0 Å². The van der Waals surface area contributed by atoms with Gasteiger partial charge in [0.25, 0.3) is 0 Å². The van der Waals surface area contributed by atoms with E-state index in [4.69, 9.17) is 14.2 Å². The zero-order chi connectivity index (χ0) is 18.5. The van der Waals surface area contributed by atoms with Crippen molar-refractivity contribution < 1.29 is 14.2 Å². The molecule has 1 rings (SSSR count). The molecule has 0 aliphatic rings. The summed E-state index contributed by atoms with van der Waals surface area (Å²) in [6, 6.07) is 3.82. The van der Waals surface area contributed by atoms with Crippen LogP contribution in [0.15, 0.2) is 17.1 Å². The van der Waals surface area contributed by atoms with Gasteiger partial charge in [-0.1, -0.05) is 0 Å². The number of rotatable bonds is 11. The highest BCUT2D eigenvalue weighted by atomic mass is 32.2. The standard InChI is InChI=1S/C18H31N3O3S/c1-6-19-18(20-11-7-8-12-25-5)21-13-14-9-10-15(22-2)17(24-4)16(14)23-3/h9-10H,6-8,11-13H2,1-5H3,(H2,19,20,21). The molecule has 0 amide bonds. The van der Waals surface area contributed by atoms with Gasteiger partial charge in [-0.3, -0.25) is 0 Å². The van der Waals surface area contributed by atoms with Crippen molar-refractivity contribution >= 4 is 17.7 Å². The number of nitrogens with one attached hydrogen (secondary N) is 2. The van der Waals surface area contributed by atoms with Gasteiger partial charge in [0.15, 0.2) is 17.5 Å². The lowest BCUT2D eigenvalue weighted by Gasteiger charge is -2.15. The topological polar surface area (TPSA) is 64.1 Å². The van der Waals surface area contributed by atoms with E-state index in [1.807, 2.05) is 23.9 Å². The Kier molecular flexibility index (Phi) is 10.7. The molecule has 0 aromatic heterocycles. The molecule has 1 aromatic rings. The number of benzene rings is 1. The molecule has 0 heterocycles. The highest BCUT2D eigenvalue weighted by Gasteiger charge is 2.15. The molecule has 0 bridgehead atoms. The average molecular weight is 370 g/mol. The fraction of sp³-hybridized carbons (Fsp3) is 0.611. The summed E-state index contributed by atoms with van der Waals surface area (Å²) >= 11 is 1.88. The SMILES string of the molecule is CCNC(=NCc1ccc(OC)c(OC)c1OC)NCCCCSC. The van der Waals surface area contributed by atoms with Crippen molar-refractivity contribution in [2.75, 3.05) is 46.4 Å². The number of hydrogen-bond donors (Lipinski definition) is 2. The van der Waals surface area contributed by atoms with Gasteiger partial charge >= 0.3 is 0 Å². The maximum atomic E-state index is 5.51. The molecule has 1 aromatic carbocycles. The van der Waals surface area contributed by atoms with Crippen molar-refractivity contribution in [1.29, 1.82) is 0 Å². The quantitative estimate of drug-likeness (QED) is 0.355. The summed E-state index contributed by atoms with van der Waals surface area (Å²) in [6.45, 7) is 4.28. The minimum Gasteiger partial charge on any atom is -0.493 e. The lowest BCUT2D eigenvalue weighted by molar-refractivity contribution is 0.322. The zero-order valence-corrected chi connectivity index (χ0v) is 16.8. The van der Waals surface area contributed by atoms with Gasteiger partial charge in [-0.15, -0.1) is 0 Å². The number of methoxy groups -OCH3 is 3. The second kappa shape index (κ2) is 12.6. The van der Waals surface area contributed by atoms with Crippen molar-refractivity contribution in [3.05, 3.63) is 17.7 Å². The lowest BCUT2D eigenvalue weighted by atomic mass is 10.1. The molecular weight excluding hydrogens is 338 g/mol. The van der Waals surface area contributed by atoms with Gasteiger partial charge in [0.2, 0.25) is 5.75 Å². The Labute approximate surface area is 155 Å². The van der Waals surface area contributed by atoms with Crippen LogP contribution in [0, 0.1) is 0 Å². The third-order valence-corrected chi connectivity index (χ3v) is 4.30. The first-order valence-electron chi connectivity index (χ1n) is 8.50. The van der Waals surface area contributed by atoms with Gasteiger partial charge in [0.05, 0.1) is 27.9 Å². The third kappa shape index (κ3) is 6.94. The highest BCUT2D eigenvalue weighted by Crippen LogP contribution is 2.39. The normalized spacial score (nSPS) is 11.2. The van der Waals surface area contributed by atoms with E-state index < -0.39 is 0 Å². The Bertz CT molecular complexity index is 539. The van der Waals surface area contributed by atoms with Crippen LogP contribution in [0.4, 0.5) is 0 Å². The molecule has 7 heteroatoms. The van der Waals surface area contributed by atoms with Crippen molar-refractivity contribution in [3.8, 4) is 17.2 Å². The number of ether oxygens (including phenoxy) is 3. The molecule has 0 unspecified atom stereocenters. The van der Waals surface area contributed by atoms with Crippen LogP contribution in [-0.2, 0) is 6.54 Å². The molecule has 0 saturated carbocycles. The van der Waals surface area contributed by atoms with E-state index in [0.29, 0.717) is 23.8 Å². The molecule has 0 aliphatic carbocycles. The molecule has 0 atom stereocenters. The number of hydrogen-bond acceptors (Lipinski definition) is 5. The number of nitrogens with zero attached hydrogens (tertiary/aromatic N) is 1. The van der Waals surface area contributed by atoms with Crippen molar-refractivity contribution in [3.63, 3.8) is 0 Å². The average Bonchev–Trinajstić information content (AvgIpc) is 2.64. The van der Waals surface area contributed by atoms with E-state index in [2.05, 4.69) is 28.8 Å². The van der Waals surface area contributed by atoms with Crippen molar-refractivity contribution in [2.24, 2.45) is 4.99 Å². The summed E-state index contributed by atoms with van der Waals surface area (Å²) in [6.07, 6.45) is 4.47. The number of thioether (sulfide) groups is 1. The van der Waals surface area contributed by atoms with Crippen LogP contribution in [-0.4, -0.2) is 52.4 Å². The zero-order valence-electron chi connectivity index (χ0n) is 16.0. The second-order valence-electron chi connectivity index (χ2n) is 5.32. The molecular formula is C18H31N3O3S. The molecule has 0 spiro atoms. The summed E-state index contributed by atoms with van der Waals surface area (Å²) in [4.78, 5) is 4.65. The van der Waals surface area contributed by atoms with Crippen molar-refractivity contribution in [2.45, 2.75) is 26.3 Å². The smallest absolute Gasteiger partial charge is 0.203 e. The van der Waals surface area contributed by atoms with Gasteiger partial charge in [-0.25, -0.2) is 4.99 Å². The molecule has 0 saturated heterocycles. The largest absolute Gasteiger partial charge is 0.493 e. The summed E-state index contributed by atoms with van der Waals surface area (Å²) in [5.74, 6) is 3.89. The maximum Gasteiger partial charge on any atom is 0.203 e. The molecule has 142 valence electrons. The Morgan fingerprint density at radius 3 is 2.40 bits per heavy atom. The highest BCUT2D eigenvalue weighted by molar-refractivity contribution is 7.98. The van der Waals surface area contributed by atoms with Crippen LogP contribution in [0.1, 0.15) is 25.3 Å². The second-order valence-corrected chi connectivity index (χ2v) is 6.30. The molecule has 0 radical (unpaired) electrons. The van der Waals surface area contributed by atoms with E-state index in [1.165, 1.54) is 12.2 Å². The van der Waals surface area contributed by atoms with Crippen LogP contribution in [0.2, 0.25) is 0 Å². The number of aliphatic imine (C=N–C) groups is 1.